The van der Waals surface area contributed by atoms with Crippen LogP contribution < -0.4 is 10.5 Å². The van der Waals surface area contributed by atoms with Crippen LogP contribution in [0.2, 0.25) is 0 Å². The summed E-state index contributed by atoms with van der Waals surface area (Å²) in [6, 6.07) is 10.1. The van der Waals surface area contributed by atoms with Crippen molar-refractivity contribution in [2.45, 2.75) is 32.2 Å². The van der Waals surface area contributed by atoms with Gasteiger partial charge in [0, 0.05) is 18.3 Å². The summed E-state index contributed by atoms with van der Waals surface area (Å²) in [5.74, 6) is 1.13. The van der Waals surface area contributed by atoms with E-state index in [0.717, 1.165) is 6.42 Å². The van der Waals surface area contributed by atoms with Gasteiger partial charge in [0.05, 0.1) is 13.2 Å². The van der Waals surface area contributed by atoms with Crippen molar-refractivity contribution in [3.05, 3.63) is 54.0 Å². The molecule has 1 aromatic heterocycles. The van der Waals surface area contributed by atoms with E-state index >= 15 is 0 Å². The Bertz CT molecular complexity index is 559. The van der Waals surface area contributed by atoms with Crippen LogP contribution in [0.4, 0.5) is 0 Å². The lowest BCUT2D eigenvalue weighted by molar-refractivity contribution is 0.351. The maximum Gasteiger partial charge on any atom is 0.237 e. The van der Waals surface area contributed by atoms with E-state index in [9.17, 15) is 0 Å². The zero-order chi connectivity index (χ0) is 15.2. The fourth-order valence-corrected chi connectivity index (χ4v) is 2.71. The fraction of sp³-hybridized carbons (Fsp3) is 0.412. The van der Waals surface area contributed by atoms with Gasteiger partial charge in [0.25, 0.3) is 0 Å². The number of rotatable bonds is 6. The maximum atomic E-state index is 6.54. The molecule has 2 N–H and O–H groups in total. The van der Waals surface area contributed by atoms with Crippen LogP contribution in [0.1, 0.15) is 43.5 Å². The summed E-state index contributed by atoms with van der Waals surface area (Å²) >= 11 is 0. The van der Waals surface area contributed by atoms with Crippen molar-refractivity contribution in [3.8, 4) is 5.88 Å². The molecule has 4 nitrogen and oxygen atoms in total. The normalized spacial score (nSPS) is 15.2. The van der Waals surface area contributed by atoms with E-state index in [0.29, 0.717) is 17.5 Å². The van der Waals surface area contributed by atoms with Gasteiger partial charge in [-0.25, -0.2) is 4.98 Å². The minimum absolute atomic E-state index is 0.182. The molecule has 21 heavy (non-hydrogen) atoms. The Balaban J connectivity index is 2.41. The molecular formula is C17H23N3O. The third kappa shape index (κ3) is 3.39. The van der Waals surface area contributed by atoms with E-state index in [1.54, 1.807) is 19.5 Å². The summed E-state index contributed by atoms with van der Waals surface area (Å²) < 4.78 is 5.31. The van der Waals surface area contributed by atoms with Gasteiger partial charge in [0.15, 0.2) is 0 Å². The lowest BCUT2D eigenvalue weighted by Crippen LogP contribution is -2.26. The molecular weight excluding hydrogens is 262 g/mol. The molecule has 1 heterocycles. The molecule has 0 spiro atoms. The van der Waals surface area contributed by atoms with Crippen LogP contribution in [0.25, 0.3) is 0 Å². The average Bonchev–Trinajstić information content (AvgIpc) is 2.55. The van der Waals surface area contributed by atoms with E-state index in [-0.39, 0.29) is 12.0 Å². The minimum atomic E-state index is -0.244. The highest BCUT2D eigenvalue weighted by molar-refractivity contribution is 5.29. The topological polar surface area (TPSA) is 61.0 Å². The standard InChI is InChI=1S/C17H23N3O/c1-4-12(2)14(13-8-6-5-7-9-13)15(18)16-17(21-3)20-11-10-19-16/h5-12,14-15H,4,18H2,1-3H3. The quantitative estimate of drug-likeness (QED) is 0.884. The van der Waals surface area contributed by atoms with Gasteiger partial charge in [0.2, 0.25) is 5.88 Å². The Morgan fingerprint density at radius 1 is 1.14 bits per heavy atom. The lowest BCUT2D eigenvalue weighted by Gasteiger charge is -2.29. The van der Waals surface area contributed by atoms with Crippen molar-refractivity contribution in [2.75, 3.05) is 7.11 Å². The largest absolute Gasteiger partial charge is 0.480 e. The van der Waals surface area contributed by atoms with Crippen LogP contribution >= 0.6 is 0 Å². The number of nitrogens with two attached hydrogens (primary N) is 1. The number of aromatic nitrogens is 2. The molecule has 0 aliphatic rings. The Morgan fingerprint density at radius 2 is 1.81 bits per heavy atom. The molecule has 3 unspecified atom stereocenters. The Labute approximate surface area is 126 Å². The van der Waals surface area contributed by atoms with Crippen LogP contribution in [0.3, 0.4) is 0 Å². The van der Waals surface area contributed by atoms with Crippen molar-refractivity contribution < 1.29 is 4.74 Å². The van der Waals surface area contributed by atoms with E-state index in [1.807, 2.05) is 18.2 Å². The van der Waals surface area contributed by atoms with Gasteiger partial charge < -0.3 is 10.5 Å². The van der Waals surface area contributed by atoms with Crippen molar-refractivity contribution in [2.24, 2.45) is 11.7 Å². The number of hydrogen-bond donors (Lipinski definition) is 1. The number of nitrogens with zero attached hydrogens (tertiary/aromatic N) is 2. The average molecular weight is 285 g/mol. The Hall–Kier alpha value is -1.94. The molecule has 112 valence electrons. The Morgan fingerprint density at radius 3 is 2.43 bits per heavy atom. The van der Waals surface area contributed by atoms with Crippen molar-refractivity contribution >= 4 is 0 Å². The van der Waals surface area contributed by atoms with Gasteiger partial charge in [-0.2, -0.15) is 0 Å². The number of benzene rings is 1. The van der Waals surface area contributed by atoms with Gasteiger partial charge in [0.1, 0.15) is 5.69 Å². The third-order valence-electron chi connectivity index (χ3n) is 4.03. The maximum absolute atomic E-state index is 6.54. The van der Waals surface area contributed by atoms with Crippen LogP contribution in [-0.2, 0) is 0 Å². The molecule has 0 saturated heterocycles. The van der Waals surface area contributed by atoms with Gasteiger partial charge in [-0.3, -0.25) is 4.98 Å². The first-order valence-corrected chi connectivity index (χ1v) is 7.34. The smallest absolute Gasteiger partial charge is 0.237 e. The van der Waals surface area contributed by atoms with Crippen molar-refractivity contribution in [1.82, 2.24) is 9.97 Å². The molecule has 0 bridgehead atoms. The summed E-state index contributed by atoms with van der Waals surface area (Å²) in [5.41, 5.74) is 8.49. The number of ether oxygens (including phenoxy) is 1. The zero-order valence-electron chi connectivity index (χ0n) is 12.9. The fourth-order valence-electron chi connectivity index (χ4n) is 2.71. The molecule has 0 fully saturated rings. The van der Waals surface area contributed by atoms with Crippen LogP contribution in [0.15, 0.2) is 42.7 Å². The first kappa shape index (κ1) is 15.4. The molecule has 0 radical (unpaired) electrons. The summed E-state index contributed by atoms with van der Waals surface area (Å²) in [4.78, 5) is 8.61. The second kappa shape index (κ2) is 7.18. The van der Waals surface area contributed by atoms with Gasteiger partial charge in [-0.05, 0) is 11.5 Å². The van der Waals surface area contributed by atoms with Gasteiger partial charge in [-0.15, -0.1) is 0 Å². The first-order chi connectivity index (χ1) is 10.2. The molecule has 2 rings (SSSR count). The SMILES string of the molecule is CCC(C)C(c1ccccc1)C(N)c1nccnc1OC. The Kier molecular flexibility index (Phi) is 5.28. The van der Waals surface area contributed by atoms with E-state index < -0.39 is 0 Å². The van der Waals surface area contributed by atoms with E-state index in [1.165, 1.54) is 5.56 Å². The summed E-state index contributed by atoms with van der Waals surface area (Å²) in [7, 11) is 1.60. The van der Waals surface area contributed by atoms with Crippen molar-refractivity contribution in [1.29, 1.82) is 0 Å². The molecule has 3 atom stereocenters. The molecule has 0 aliphatic heterocycles. The predicted octanol–water partition coefficient (Wildman–Crippen LogP) is 3.31. The molecule has 1 aromatic carbocycles. The van der Waals surface area contributed by atoms with E-state index in [2.05, 4.69) is 35.9 Å². The first-order valence-electron chi connectivity index (χ1n) is 7.34. The zero-order valence-corrected chi connectivity index (χ0v) is 12.9. The van der Waals surface area contributed by atoms with E-state index in [4.69, 9.17) is 10.5 Å². The minimum Gasteiger partial charge on any atom is -0.480 e. The highest BCUT2D eigenvalue weighted by atomic mass is 16.5. The molecule has 0 amide bonds. The summed E-state index contributed by atoms with van der Waals surface area (Å²) in [6.45, 7) is 4.40. The molecule has 0 aliphatic carbocycles. The highest BCUT2D eigenvalue weighted by Crippen LogP contribution is 2.38. The molecule has 4 heteroatoms. The summed E-state index contributed by atoms with van der Waals surface area (Å²) in [6.07, 6.45) is 4.34. The monoisotopic (exact) mass is 285 g/mol. The van der Waals surface area contributed by atoms with Crippen LogP contribution in [0, 0.1) is 5.92 Å². The van der Waals surface area contributed by atoms with Crippen molar-refractivity contribution in [3.63, 3.8) is 0 Å². The number of hydrogen-bond acceptors (Lipinski definition) is 4. The van der Waals surface area contributed by atoms with Gasteiger partial charge in [-0.1, -0.05) is 50.6 Å². The second-order valence-corrected chi connectivity index (χ2v) is 5.30. The molecule has 2 aromatic rings. The van der Waals surface area contributed by atoms with Crippen LogP contribution in [0.5, 0.6) is 5.88 Å². The molecule has 0 saturated carbocycles. The third-order valence-corrected chi connectivity index (χ3v) is 4.03. The highest BCUT2D eigenvalue weighted by Gasteiger charge is 2.29. The van der Waals surface area contributed by atoms with Gasteiger partial charge >= 0.3 is 0 Å². The second-order valence-electron chi connectivity index (χ2n) is 5.30. The predicted molar refractivity (Wildman–Crippen MR) is 84.2 cm³/mol. The summed E-state index contributed by atoms with van der Waals surface area (Å²) in [5, 5.41) is 0. The number of methoxy groups -OCH3 is 1. The lowest BCUT2D eigenvalue weighted by atomic mass is 9.79. The van der Waals surface area contributed by atoms with Crippen LogP contribution in [-0.4, -0.2) is 17.1 Å².